The first-order valence-electron chi connectivity index (χ1n) is 11.2. The van der Waals surface area contributed by atoms with Gasteiger partial charge in [-0.2, -0.15) is 9.49 Å². The quantitative estimate of drug-likeness (QED) is 0.493. The van der Waals surface area contributed by atoms with Gasteiger partial charge in [0.05, 0.1) is 18.7 Å². The minimum atomic E-state index is -3.67. The number of aliphatic hydroxyl groups excluding tert-OH is 1. The lowest BCUT2D eigenvalue weighted by Gasteiger charge is -2.19. The van der Waals surface area contributed by atoms with E-state index in [0.717, 1.165) is 30.4 Å². The molecule has 0 saturated heterocycles. The smallest absolute Gasteiger partial charge is 0.259 e. The Morgan fingerprint density at radius 3 is 2.97 bits per heavy atom. The molecule has 0 bridgehead atoms. The summed E-state index contributed by atoms with van der Waals surface area (Å²) in [6.07, 6.45) is 4.49. The van der Waals surface area contributed by atoms with Crippen molar-refractivity contribution in [2.24, 2.45) is 9.50 Å². The van der Waals surface area contributed by atoms with Crippen LogP contribution in [0.4, 0.5) is 4.39 Å². The topological polar surface area (TPSA) is 158 Å². The molecule has 1 aliphatic heterocycles. The molecule has 1 aliphatic carbocycles. The molecule has 0 aromatic carbocycles. The number of nitrogens with two attached hydrogens (primary N) is 1. The molecular weight excluding hydrogens is 477 g/mol. The maximum absolute atomic E-state index is 14.4. The van der Waals surface area contributed by atoms with Crippen LogP contribution in [-0.2, 0) is 46.9 Å². The Morgan fingerprint density at radius 2 is 2.17 bits per heavy atom. The number of hydrogen-bond donors (Lipinski definition) is 2. The third kappa shape index (κ3) is 4.42. The van der Waals surface area contributed by atoms with Gasteiger partial charge in [-0.3, -0.25) is 9.78 Å². The predicted octanol–water partition coefficient (Wildman–Crippen LogP) is 1.15. The van der Waals surface area contributed by atoms with Crippen LogP contribution in [0, 0.1) is 5.95 Å². The summed E-state index contributed by atoms with van der Waals surface area (Å²) in [5, 5.41) is 19.7. The second-order valence-electron chi connectivity index (χ2n) is 8.47. The van der Waals surface area contributed by atoms with Crippen LogP contribution < -0.4 is 9.88 Å². The number of carbonyl (C=O) groups excluding carboxylic acids is 1. The van der Waals surface area contributed by atoms with Gasteiger partial charge in [0.1, 0.15) is 19.0 Å². The highest BCUT2D eigenvalue weighted by Crippen LogP contribution is 2.34. The Morgan fingerprint density at radius 1 is 1.34 bits per heavy atom. The second-order valence-corrected chi connectivity index (χ2v) is 10.2. The SMILES string of the molecule is CCc1c(F)ncnc1-c1cnc2c(c1CC(=O)N=S(N)(=O)c1cc3n(n1)CC(O)CO3)CCC2. The molecule has 35 heavy (non-hydrogen) atoms. The van der Waals surface area contributed by atoms with Crippen LogP contribution in [0.5, 0.6) is 5.88 Å². The van der Waals surface area contributed by atoms with Crippen LogP contribution in [0.1, 0.15) is 35.7 Å². The third-order valence-electron chi connectivity index (χ3n) is 6.12. The van der Waals surface area contributed by atoms with E-state index < -0.39 is 27.9 Å². The molecule has 2 unspecified atom stereocenters. The maximum Gasteiger partial charge on any atom is 0.259 e. The van der Waals surface area contributed by atoms with Crippen molar-refractivity contribution >= 4 is 15.8 Å². The number of aromatic nitrogens is 5. The van der Waals surface area contributed by atoms with Crippen molar-refractivity contribution in [3.8, 4) is 17.1 Å². The number of halogens is 1. The summed E-state index contributed by atoms with van der Waals surface area (Å²) in [5.74, 6) is -1.04. The molecule has 0 radical (unpaired) electrons. The van der Waals surface area contributed by atoms with Crippen LogP contribution in [0.3, 0.4) is 0 Å². The number of aliphatic hydroxyl groups is 1. The molecule has 5 rings (SSSR count). The van der Waals surface area contributed by atoms with Gasteiger partial charge in [0.25, 0.3) is 5.91 Å². The Hall–Kier alpha value is -3.29. The minimum absolute atomic E-state index is 0.0757. The lowest BCUT2D eigenvalue weighted by molar-refractivity contribution is -0.117. The molecular formula is C22H24FN7O4S. The molecule has 0 saturated carbocycles. The van der Waals surface area contributed by atoms with E-state index in [2.05, 4.69) is 24.4 Å². The summed E-state index contributed by atoms with van der Waals surface area (Å²) in [7, 11) is -3.67. The Bertz CT molecular complexity index is 1450. The fourth-order valence-electron chi connectivity index (χ4n) is 4.50. The Labute approximate surface area is 200 Å². The number of carbonyl (C=O) groups is 1. The number of amides is 1. The van der Waals surface area contributed by atoms with Gasteiger partial charge in [-0.05, 0) is 36.8 Å². The maximum atomic E-state index is 14.4. The minimum Gasteiger partial charge on any atom is -0.475 e. The molecule has 1 amide bonds. The third-order valence-corrected chi connectivity index (χ3v) is 7.40. The first-order chi connectivity index (χ1) is 16.8. The normalized spacial score (nSPS) is 18.3. The van der Waals surface area contributed by atoms with Crippen LogP contribution in [0.25, 0.3) is 11.3 Å². The van der Waals surface area contributed by atoms with Crippen LogP contribution in [0.15, 0.2) is 28.0 Å². The molecule has 3 aromatic heterocycles. The molecule has 11 nitrogen and oxygen atoms in total. The van der Waals surface area contributed by atoms with E-state index in [1.165, 1.54) is 10.7 Å². The number of aryl methyl sites for hydroxylation is 1. The largest absolute Gasteiger partial charge is 0.475 e. The lowest BCUT2D eigenvalue weighted by atomic mass is 9.94. The molecule has 2 atom stereocenters. The van der Waals surface area contributed by atoms with Crippen molar-refractivity contribution in [2.45, 2.75) is 56.7 Å². The van der Waals surface area contributed by atoms with Gasteiger partial charge < -0.3 is 9.84 Å². The van der Waals surface area contributed by atoms with Gasteiger partial charge in [-0.1, -0.05) is 6.92 Å². The van der Waals surface area contributed by atoms with E-state index in [-0.39, 0.29) is 24.6 Å². The van der Waals surface area contributed by atoms with Crippen LogP contribution >= 0.6 is 0 Å². The number of rotatable bonds is 5. The van der Waals surface area contributed by atoms with Crippen LogP contribution in [0.2, 0.25) is 0 Å². The zero-order chi connectivity index (χ0) is 24.7. The van der Waals surface area contributed by atoms with Gasteiger partial charge >= 0.3 is 0 Å². The zero-order valence-electron chi connectivity index (χ0n) is 19.0. The van der Waals surface area contributed by atoms with Crippen molar-refractivity contribution < 1.29 is 23.2 Å². The molecule has 0 fully saturated rings. The second kappa shape index (κ2) is 9.06. The summed E-state index contributed by atoms with van der Waals surface area (Å²) >= 11 is 0. The van der Waals surface area contributed by atoms with Gasteiger partial charge in [-0.15, -0.1) is 4.36 Å². The van der Waals surface area contributed by atoms with Crippen molar-refractivity contribution in [1.82, 2.24) is 24.7 Å². The molecule has 0 spiro atoms. The summed E-state index contributed by atoms with van der Waals surface area (Å²) < 4.78 is 38.0. The fraction of sp³-hybridized carbons (Fsp3) is 0.409. The van der Waals surface area contributed by atoms with Gasteiger partial charge in [0.2, 0.25) is 11.8 Å². The monoisotopic (exact) mass is 501 g/mol. The number of pyridine rings is 1. The molecule has 3 N–H and O–H groups in total. The molecule has 4 heterocycles. The van der Waals surface area contributed by atoms with Crippen molar-refractivity contribution in [2.75, 3.05) is 6.61 Å². The number of fused-ring (bicyclic) bond motifs is 2. The predicted molar refractivity (Wildman–Crippen MR) is 122 cm³/mol. The Balaban J connectivity index is 1.53. The molecule has 3 aromatic rings. The first kappa shape index (κ1) is 23.5. The highest BCUT2D eigenvalue weighted by atomic mass is 32.2. The molecule has 13 heteroatoms. The first-order valence-corrected chi connectivity index (χ1v) is 12.8. The molecule has 184 valence electrons. The number of hydrogen-bond acceptors (Lipinski definition) is 8. The average Bonchev–Trinajstić information content (AvgIpc) is 3.46. The highest BCUT2D eigenvalue weighted by Gasteiger charge is 2.26. The average molecular weight is 502 g/mol. The van der Waals surface area contributed by atoms with E-state index in [0.29, 0.717) is 41.1 Å². The van der Waals surface area contributed by atoms with Gasteiger partial charge in [0, 0.05) is 29.1 Å². The van der Waals surface area contributed by atoms with Gasteiger partial charge in [-0.25, -0.2) is 24.0 Å². The van der Waals surface area contributed by atoms with E-state index >= 15 is 0 Å². The van der Waals surface area contributed by atoms with Crippen molar-refractivity contribution in [1.29, 1.82) is 0 Å². The summed E-state index contributed by atoms with van der Waals surface area (Å²) in [4.78, 5) is 25.5. The highest BCUT2D eigenvalue weighted by molar-refractivity contribution is 7.91. The van der Waals surface area contributed by atoms with Crippen LogP contribution in [-0.4, -0.2) is 52.7 Å². The standard InChI is InChI=1S/C22H24FN7O4S/c1-2-13-21(26-11-27-22(13)23)16-8-25-17-5-3-4-14(17)15(16)6-18(32)29-35(24,33)19-7-20-30(28-19)9-12(31)10-34-20/h7-8,11-12,31H,2-6,9-10H2,1H3,(H2,24,29,32,33). The fourth-order valence-corrected chi connectivity index (χ4v) is 5.45. The summed E-state index contributed by atoms with van der Waals surface area (Å²) in [6.45, 7) is 2.02. The Kier molecular flexibility index (Phi) is 6.07. The van der Waals surface area contributed by atoms with Crippen molar-refractivity contribution in [3.05, 3.63) is 46.9 Å². The summed E-state index contributed by atoms with van der Waals surface area (Å²) in [6, 6.07) is 1.36. The lowest BCUT2D eigenvalue weighted by Crippen LogP contribution is -2.30. The summed E-state index contributed by atoms with van der Waals surface area (Å²) in [5.41, 5.74) is 3.61. The van der Waals surface area contributed by atoms with E-state index in [4.69, 9.17) is 9.88 Å². The van der Waals surface area contributed by atoms with E-state index in [1.54, 1.807) is 13.1 Å². The zero-order valence-corrected chi connectivity index (χ0v) is 19.8. The van der Waals surface area contributed by atoms with E-state index in [1.807, 2.05) is 0 Å². The van der Waals surface area contributed by atoms with Gasteiger partial charge in [0.15, 0.2) is 14.9 Å². The molecule has 2 aliphatic rings. The van der Waals surface area contributed by atoms with Crippen molar-refractivity contribution in [3.63, 3.8) is 0 Å². The van der Waals surface area contributed by atoms with E-state index in [9.17, 15) is 18.5 Å². The number of nitrogens with zero attached hydrogens (tertiary/aromatic N) is 6. The number of ether oxygens (including phenoxy) is 1.